The molecule has 1 N–H and O–H groups in total. The van der Waals surface area contributed by atoms with Gasteiger partial charge in [-0.2, -0.15) is 0 Å². The third kappa shape index (κ3) is 5.02. The van der Waals surface area contributed by atoms with Crippen molar-refractivity contribution in [3.63, 3.8) is 0 Å². The number of fused-ring (bicyclic) bond motifs is 1. The second-order valence-corrected chi connectivity index (χ2v) is 9.25. The number of sulfone groups is 1. The van der Waals surface area contributed by atoms with Gasteiger partial charge in [-0.05, 0) is 68.4 Å². The number of ether oxygens (including phenoxy) is 1. The Bertz CT molecular complexity index is 1090. The molecule has 0 unspecified atom stereocenters. The molecule has 2 aromatic carbocycles. The third-order valence-corrected chi connectivity index (χ3v) is 6.08. The normalized spacial score (nSPS) is 14.9. The van der Waals surface area contributed by atoms with Crippen LogP contribution in [0.2, 0.25) is 0 Å². The number of likely N-dealkylation sites (tertiary alicyclic amines) is 1. The fourth-order valence-electron chi connectivity index (χ4n) is 3.36. The van der Waals surface area contributed by atoms with E-state index >= 15 is 0 Å². The molecule has 0 aliphatic carbocycles. The topological polar surface area (TPSA) is 84.4 Å². The number of nitrogens with one attached hydrogen (secondary N) is 1. The van der Waals surface area contributed by atoms with Gasteiger partial charge in [0.05, 0.1) is 10.4 Å². The summed E-state index contributed by atoms with van der Waals surface area (Å²) in [4.78, 5) is 11.4. The quantitative estimate of drug-likeness (QED) is 0.638. The molecule has 1 saturated heterocycles. The summed E-state index contributed by atoms with van der Waals surface area (Å²) in [7, 11) is -3.28. The molecule has 4 rings (SSSR count). The average Bonchev–Trinajstić information content (AvgIpc) is 3.22. The molecule has 7 nitrogen and oxygen atoms in total. The lowest BCUT2D eigenvalue weighted by atomic mass is 10.2. The van der Waals surface area contributed by atoms with Crippen LogP contribution in [0, 0.1) is 0 Å². The predicted molar refractivity (Wildman–Crippen MR) is 114 cm³/mol. The number of benzene rings is 2. The lowest BCUT2D eigenvalue weighted by Gasteiger charge is -2.15. The zero-order valence-electron chi connectivity index (χ0n) is 16.3. The number of nitrogens with zero attached hydrogens (tertiary/aromatic N) is 3. The Morgan fingerprint density at radius 2 is 1.86 bits per heavy atom. The van der Waals surface area contributed by atoms with Gasteiger partial charge in [0.2, 0.25) is 5.95 Å². The summed E-state index contributed by atoms with van der Waals surface area (Å²) in [6.07, 6.45) is 5.43. The summed E-state index contributed by atoms with van der Waals surface area (Å²) in [5.74, 6) is 1.23. The van der Waals surface area contributed by atoms with E-state index in [0.717, 1.165) is 23.4 Å². The fourth-order valence-corrected chi connectivity index (χ4v) is 4.00. The van der Waals surface area contributed by atoms with Gasteiger partial charge in [0.15, 0.2) is 9.84 Å². The van der Waals surface area contributed by atoms with E-state index in [1.54, 1.807) is 24.4 Å². The summed E-state index contributed by atoms with van der Waals surface area (Å²) < 4.78 is 29.3. The van der Waals surface area contributed by atoms with Crippen LogP contribution in [0.3, 0.4) is 0 Å². The Morgan fingerprint density at radius 1 is 1.10 bits per heavy atom. The molecule has 1 aliphatic rings. The molecule has 0 atom stereocenters. The van der Waals surface area contributed by atoms with Crippen molar-refractivity contribution >= 4 is 32.4 Å². The maximum atomic E-state index is 11.8. The van der Waals surface area contributed by atoms with Crippen LogP contribution in [0.5, 0.6) is 5.75 Å². The SMILES string of the molecule is CS(=O)(=O)c1ccc2cnc(Nc3ccc(OCCN4CCCC4)cc3)nc2c1. The van der Waals surface area contributed by atoms with Gasteiger partial charge in [-0.15, -0.1) is 0 Å². The number of aromatic nitrogens is 2. The summed E-state index contributed by atoms with van der Waals surface area (Å²) in [5, 5.41) is 3.93. The molecule has 0 spiro atoms. The number of hydrogen-bond acceptors (Lipinski definition) is 7. The molecule has 29 heavy (non-hydrogen) atoms. The molecule has 1 aliphatic heterocycles. The number of hydrogen-bond donors (Lipinski definition) is 1. The van der Waals surface area contributed by atoms with Crippen LogP contribution in [0.4, 0.5) is 11.6 Å². The van der Waals surface area contributed by atoms with Gasteiger partial charge in [0.25, 0.3) is 0 Å². The van der Waals surface area contributed by atoms with Crippen molar-refractivity contribution in [3.05, 3.63) is 48.7 Å². The lowest BCUT2D eigenvalue weighted by molar-refractivity contribution is 0.238. The van der Waals surface area contributed by atoms with Crippen LogP contribution in [-0.2, 0) is 9.84 Å². The van der Waals surface area contributed by atoms with Crippen molar-refractivity contribution in [2.45, 2.75) is 17.7 Å². The van der Waals surface area contributed by atoms with Crippen LogP contribution in [0.25, 0.3) is 10.9 Å². The molecule has 0 saturated carbocycles. The minimum absolute atomic E-state index is 0.241. The third-order valence-electron chi connectivity index (χ3n) is 4.97. The monoisotopic (exact) mass is 412 g/mol. The zero-order valence-corrected chi connectivity index (χ0v) is 17.2. The van der Waals surface area contributed by atoms with Crippen molar-refractivity contribution in [3.8, 4) is 5.75 Å². The molecule has 1 fully saturated rings. The summed E-state index contributed by atoms with van der Waals surface area (Å²) in [6, 6.07) is 12.5. The van der Waals surface area contributed by atoms with Crippen LogP contribution in [-0.4, -0.2) is 55.8 Å². The second-order valence-electron chi connectivity index (χ2n) is 7.23. The Hall–Kier alpha value is -2.71. The molecular formula is C21H24N4O3S. The van der Waals surface area contributed by atoms with Crippen LogP contribution < -0.4 is 10.1 Å². The Labute approximate surface area is 170 Å². The van der Waals surface area contributed by atoms with E-state index in [-0.39, 0.29) is 4.90 Å². The smallest absolute Gasteiger partial charge is 0.227 e. The first kappa shape index (κ1) is 19.6. The first-order valence-corrected chi connectivity index (χ1v) is 11.6. The zero-order chi connectivity index (χ0) is 20.3. The maximum Gasteiger partial charge on any atom is 0.227 e. The van der Waals surface area contributed by atoms with E-state index < -0.39 is 9.84 Å². The highest BCUT2D eigenvalue weighted by Gasteiger charge is 2.11. The number of anilines is 2. The van der Waals surface area contributed by atoms with Gasteiger partial charge in [0, 0.05) is 30.1 Å². The van der Waals surface area contributed by atoms with Gasteiger partial charge in [0.1, 0.15) is 12.4 Å². The fraction of sp³-hybridized carbons (Fsp3) is 0.333. The first-order chi connectivity index (χ1) is 14.0. The van der Waals surface area contributed by atoms with Crippen molar-refractivity contribution in [2.24, 2.45) is 0 Å². The standard InChI is InChI=1S/C21H24N4O3S/c1-29(26,27)19-9-4-16-15-22-21(24-20(16)14-19)23-17-5-7-18(8-6-17)28-13-12-25-10-2-3-11-25/h4-9,14-15H,2-3,10-13H2,1H3,(H,22,23,24). The molecule has 152 valence electrons. The molecule has 0 radical (unpaired) electrons. The van der Waals surface area contributed by atoms with E-state index in [2.05, 4.69) is 20.2 Å². The average molecular weight is 413 g/mol. The first-order valence-electron chi connectivity index (χ1n) is 9.66. The van der Waals surface area contributed by atoms with Crippen molar-refractivity contribution in [1.29, 1.82) is 0 Å². The highest BCUT2D eigenvalue weighted by Crippen LogP contribution is 2.21. The highest BCUT2D eigenvalue weighted by molar-refractivity contribution is 7.90. The van der Waals surface area contributed by atoms with Gasteiger partial charge in [-0.3, -0.25) is 4.90 Å². The lowest BCUT2D eigenvalue weighted by Crippen LogP contribution is -2.25. The van der Waals surface area contributed by atoms with E-state index in [0.29, 0.717) is 18.1 Å². The summed E-state index contributed by atoms with van der Waals surface area (Å²) in [5.41, 5.74) is 1.41. The van der Waals surface area contributed by atoms with Crippen molar-refractivity contribution < 1.29 is 13.2 Å². The molecule has 2 heterocycles. The van der Waals surface area contributed by atoms with Crippen LogP contribution in [0.1, 0.15) is 12.8 Å². The van der Waals surface area contributed by atoms with Crippen LogP contribution >= 0.6 is 0 Å². The molecule has 0 amide bonds. The molecule has 0 bridgehead atoms. The van der Waals surface area contributed by atoms with Crippen LogP contribution in [0.15, 0.2) is 53.6 Å². The minimum Gasteiger partial charge on any atom is -0.492 e. The highest BCUT2D eigenvalue weighted by atomic mass is 32.2. The summed E-state index contributed by atoms with van der Waals surface area (Å²) >= 11 is 0. The van der Waals surface area contributed by atoms with Crippen molar-refractivity contribution in [1.82, 2.24) is 14.9 Å². The second kappa shape index (κ2) is 8.34. The van der Waals surface area contributed by atoms with E-state index in [9.17, 15) is 8.42 Å². The Morgan fingerprint density at radius 3 is 2.59 bits per heavy atom. The summed E-state index contributed by atoms with van der Waals surface area (Å²) in [6.45, 7) is 3.98. The van der Waals surface area contributed by atoms with Gasteiger partial charge >= 0.3 is 0 Å². The Kier molecular flexibility index (Phi) is 5.64. The van der Waals surface area contributed by atoms with E-state index in [1.165, 1.54) is 32.2 Å². The van der Waals surface area contributed by atoms with E-state index in [1.807, 2.05) is 24.3 Å². The van der Waals surface area contributed by atoms with Gasteiger partial charge in [-0.25, -0.2) is 18.4 Å². The maximum absolute atomic E-state index is 11.8. The molecular weight excluding hydrogens is 388 g/mol. The Balaban J connectivity index is 1.40. The number of rotatable bonds is 7. The van der Waals surface area contributed by atoms with Gasteiger partial charge < -0.3 is 10.1 Å². The van der Waals surface area contributed by atoms with Gasteiger partial charge in [-0.1, -0.05) is 0 Å². The largest absolute Gasteiger partial charge is 0.492 e. The molecule has 8 heteroatoms. The molecule has 1 aromatic heterocycles. The van der Waals surface area contributed by atoms with Crippen molar-refractivity contribution in [2.75, 3.05) is 37.8 Å². The minimum atomic E-state index is -3.28. The van der Waals surface area contributed by atoms with E-state index in [4.69, 9.17) is 4.74 Å². The molecule has 3 aromatic rings. The predicted octanol–water partition coefficient (Wildman–Crippen LogP) is 3.25.